The number of carbonyl (C=O) groups excluding carboxylic acids is 2. The molecule has 0 heterocycles. The van der Waals surface area contributed by atoms with E-state index in [-0.39, 0.29) is 17.7 Å². The Morgan fingerprint density at radius 2 is 1.39 bits per heavy atom. The molecule has 28 heavy (non-hydrogen) atoms. The average Bonchev–Trinajstić information content (AvgIpc) is 2.69. The summed E-state index contributed by atoms with van der Waals surface area (Å²) < 4.78 is 0. The summed E-state index contributed by atoms with van der Waals surface area (Å²) in [6.45, 7) is 8.91. The zero-order valence-corrected chi connectivity index (χ0v) is 17.4. The van der Waals surface area contributed by atoms with Gasteiger partial charge in [-0.15, -0.1) is 0 Å². The summed E-state index contributed by atoms with van der Waals surface area (Å²) in [6.07, 6.45) is 0.496. The third-order valence-corrected chi connectivity index (χ3v) is 4.61. The molecule has 2 aromatic rings. The molecule has 0 saturated carbocycles. The van der Waals surface area contributed by atoms with Crippen LogP contribution in [-0.4, -0.2) is 29.3 Å². The first kappa shape index (κ1) is 21.7. The zero-order chi connectivity index (χ0) is 20.5. The van der Waals surface area contributed by atoms with Gasteiger partial charge in [-0.2, -0.15) is 0 Å². The summed E-state index contributed by atoms with van der Waals surface area (Å²) in [6, 6.07) is 19.2. The van der Waals surface area contributed by atoms with E-state index in [1.807, 2.05) is 74.5 Å². The van der Waals surface area contributed by atoms with Crippen molar-refractivity contribution in [2.75, 3.05) is 6.54 Å². The molecule has 150 valence electrons. The number of benzene rings is 2. The summed E-state index contributed by atoms with van der Waals surface area (Å²) in [7, 11) is 0. The highest BCUT2D eigenvalue weighted by molar-refractivity contribution is 5.88. The first-order valence-corrected chi connectivity index (χ1v) is 10.0. The number of rotatable bonds is 9. The maximum atomic E-state index is 13.1. The fraction of sp³-hybridized carbons (Fsp3) is 0.417. The smallest absolute Gasteiger partial charge is 0.243 e. The van der Waals surface area contributed by atoms with Crippen molar-refractivity contribution < 1.29 is 9.59 Å². The quantitative estimate of drug-likeness (QED) is 0.713. The second-order valence-electron chi connectivity index (χ2n) is 7.95. The summed E-state index contributed by atoms with van der Waals surface area (Å²) in [5, 5.41) is 3.03. The highest BCUT2D eigenvalue weighted by atomic mass is 16.2. The zero-order valence-electron chi connectivity index (χ0n) is 17.4. The Bertz CT molecular complexity index is 742. The van der Waals surface area contributed by atoms with E-state index in [1.165, 1.54) is 0 Å². The molecule has 0 aromatic heterocycles. The van der Waals surface area contributed by atoms with E-state index < -0.39 is 6.04 Å². The first-order chi connectivity index (χ1) is 13.4. The molecule has 2 aromatic carbocycles. The number of nitrogens with one attached hydrogen (secondary N) is 1. The Morgan fingerprint density at radius 1 is 0.857 bits per heavy atom. The summed E-state index contributed by atoms with van der Waals surface area (Å²) in [4.78, 5) is 27.9. The Labute approximate surface area is 169 Å². The lowest BCUT2D eigenvalue weighted by atomic mass is 10.0. The van der Waals surface area contributed by atoms with Gasteiger partial charge in [-0.1, -0.05) is 88.4 Å². The number of carbonyl (C=O) groups is 2. The van der Waals surface area contributed by atoms with Crippen LogP contribution in [0, 0.1) is 11.8 Å². The third-order valence-electron chi connectivity index (χ3n) is 4.61. The molecule has 0 aliphatic heterocycles. The van der Waals surface area contributed by atoms with E-state index in [4.69, 9.17) is 0 Å². The van der Waals surface area contributed by atoms with Crippen LogP contribution in [0.3, 0.4) is 0 Å². The van der Waals surface area contributed by atoms with Gasteiger partial charge in [-0.25, -0.2) is 0 Å². The summed E-state index contributed by atoms with van der Waals surface area (Å²) >= 11 is 0. The number of hydrogen-bond donors (Lipinski definition) is 1. The molecule has 0 saturated heterocycles. The average molecular weight is 381 g/mol. The molecule has 0 aliphatic carbocycles. The molecule has 1 atom stereocenters. The van der Waals surface area contributed by atoms with Crippen molar-refractivity contribution in [3.63, 3.8) is 0 Å². The minimum absolute atomic E-state index is 0.00974. The van der Waals surface area contributed by atoms with E-state index in [1.54, 1.807) is 4.90 Å². The van der Waals surface area contributed by atoms with Crippen LogP contribution in [-0.2, 0) is 22.6 Å². The molecule has 0 unspecified atom stereocenters. The van der Waals surface area contributed by atoms with Crippen molar-refractivity contribution in [1.82, 2.24) is 10.2 Å². The second kappa shape index (κ2) is 10.6. The third kappa shape index (κ3) is 6.52. The highest BCUT2D eigenvalue weighted by Gasteiger charge is 2.31. The van der Waals surface area contributed by atoms with Crippen molar-refractivity contribution in [2.45, 2.75) is 46.7 Å². The minimum atomic E-state index is -0.545. The van der Waals surface area contributed by atoms with E-state index >= 15 is 0 Å². The van der Waals surface area contributed by atoms with E-state index in [0.29, 0.717) is 25.4 Å². The molecule has 0 bridgehead atoms. The lowest BCUT2D eigenvalue weighted by molar-refractivity contribution is -0.143. The van der Waals surface area contributed by atoms with Crippen LogP contribution in [0.1, 0.15) is 38.8 Å². The first-order valence-electron chi connectivity index (χ1n) is 10.0. The normalized spacial score (nSPS) is 12.1. The molecule has 0 spiro atoms. The van der Waals surface area contributed by atoms with Crippen molar-refractivity contribution in [3.05, 3.63) is 71.8 Å². The number of amides is 2. The van der Waals surface area contributed by atoms with Gasteiger partial charge in [-0.3, -0.25) is 9.59 Å². The van der Waals surface area contributed by atoms with Gasteiger partial charge in [0, 0.05) is 25.4 Å². The molecule has 0 radical (unpaired) electrons. The van der Waals surface area contributed by atoms with Crippen molar-refractivity contribution in [3.8, 4) is 0 Å². The Kier molecular flexibility index (Phi) is 8.24. The van der Waals surface area contributed by atoms with Gasteiger partial charge in [0.25, 0.3) is 0 Å². The molecular weight excluding hydrogens is 348 g/mol. The fourth-order valence-electron chi connectivity index (χ4n) is 3.06. The Hall–Kier alpha value is -2.62. The predicted octanol–water partition coefficient (Wildman–Crippen LogP) is 4.05. The van der Waals surface area contributed by atoms with Crippen LogP contribution in [0.4, 0.5) is 0 Å². The molecular formula is C24H32N2O2. The number of nitrogens with zero attached hydrogens (tertiary/aromatic N) is 1. The second-order valence-corrected chi connectivity index (χ2v) is 7.95. The fourth-order valence-corrected chi connectivity index (χ4v) is 3.06. The van der Waals surface area contributed by atoms with E-state index in [2.05, 4.69) is 19.2 Å². The monoisotopic (exact) mass is 380 g/mol. The molecule has 1 N–H and O–H groups in total. The van der Waals surface area contributed by atoms with Gasteiger partial charge >= 0.3 is 0 Å². The topological polar surface area (TPSA) is 49.4 Å². The Balaban J connectivity index is 2.34. The van der Waals surface area contributed by atoms with Crippen LogP contribution in [0.2, 0.25) is 0 Å². The van der Waals surface area contributed by atoms with Gasteiger partial charge in [0.2, 0.25) is 11.8 Å². The SMILES string of the molecule is CC(C)CNC(=O)[C@H](Cc1ccccc1)N(Cc1ccccc1)C(=O)C(C)C. The van der Waals surface area contributed by atoms with E-state index in [9.17, 15) is 9.59 Å². The maximum absolute atomic E-state index is 13.1. The predicted molar refractivity (Wildman–Crippen MR) is 114 cm³/mol. The van der Waals surface area contributed by atoms with Crippen LogP contribution in [0.25, 0.3) is 0 Å². The standard InChI is InChI=1S/C24H32N2O2/c1-18(2)16-25-23(27)22(15-20-11-7-5-8-12-20)26(24(28)19(3)4)17-21-13-9-6-10-14-21/h5-14,18-19,22H,15-17H2,1-4H3,(H,25,27)/t22-/m0/s1. The van der Waals surface area contributed by atoms with Gasteiger partial charge in [0.1, 0.15) is 6.04 Å². The molecule has 4 nitrogen and oxygen atoms in total. The summed E-state index contributed by atoms with van der Waals surface area (Å²) in [5.74, 6) is 0.0662. The van der Waals surface area contributed by atoms with Crippen molar-refractivity contribution in [1.29, 1.82) is 0 Å². The highest BCUT2D eigenvalue weighted by Crippen LogP contribution is 2.17. The molecule has 4 heteroatoms. The van der Waals surface area contributed by atoms with Crippen LogP contribution < -0.4 is 5.32 Å². The lowest BCUT2D eigenvalue weighted by Crippen LogP contribution is -2.52. The lowest BCUT2D eigenvalue weighted by Gasteiger charge is -2.33. The van der Waals surface area contributed by atoms with Crippen LogP contribution >= 0.6 is 0 Å². The van der Waals surface area contributed by atoms with Gasteiger partial charge < -0.3 is 10.2 Å². The van der Waals surface area contributed by atoms with Gasteiger partial charge in [0.05, 0.1) is 0 Å². The minimum Gasteiger partial charge on any atom is -0.354 e. The molecule has 2 rings (SSSR count). The number of hydrogen-bond acceptors (Lipinski definition) is 2. The van der Waals surface area contributed by atoms with Crippen molar-refractivity contribution in [2.24, 2.45) is 11.8 Å². The molecule has 0 fully saturated rings. The maximum Gasteiger partial charge on any atom is 0.243 e. The van der Waals surface area contributed by atoms with Crippen LogP contribution in [0.5, 0.6) is 0 Å². The Morgan fingerprint density at radius 3 is 1.89 bits per heavy atom. The van der Waals surface area contributed by atoms with E-state index in [0.717, 1.165) is 11.1 Å². The largest absolute Gasteiger partial charge is 0.354 e. The van der Waals surface area contributed by atoms with Crippen LogP contribution in [0.15, 0.2) is 60.7 Å². The van der Waals surface area contributed by atoms with Crippen molar-refractivity contribution >= 4 is 11.8 Å². The van der Waals surface area contributed by atoms with Gasteiger partial charge in [-0.05, 0) is 17.0 Å². The summed E-state index contributed by atoms with van der Waals surface area (Å²) in [5.41, 5.74) is 2.06. The molecule has 2 amide bonds. The van der Waals surface area contributed by atoms with Gasteiger partial charge in [0.15, 0.2) is 0 Å². The molecule has 0 aliphatic rings.